The molecule has 13 heteroatoms. The van der Waals surface area contributed by atoms with E-state index in [1.54, 1.807) is 12.1 Å². The van der Waals surface area contributed by atoms with Crippen molar-refractivity contribution in [3.05, 3.63) is 96.1 Å². The van der Waals surface area contributed by atoms with Gasteiger partial charge in [-0.25, -0.2) is 8.42 Å². The minimum absolute atomic E-state index is 0. The number of phenolic OH excluding ortho intramolecular Hbond substituents is 1. The van der Waals surface area contributed by atoms with Crippen molar-refractivity contribution in [1.82, 2.24) is 0 Å². The molecule has 10 nitrogen and oxygen atoms in total. The third-order valence-electron chi connectivity index (χ3n) is 10.8. The van der Waals surface area contributed by atoms with E-state index in [1.165, 1.54) is 159 Å². The summed E-state index contributed by atoms with van der Waals surface area (Å²) in [7, 11) is -9.52. The molecule has 0 saturated carbocycles. The van der Waals surface area contributed by atoms with Crippen LogP contribution in [0.3, 0.4) is 0 Å². The molecule has 0 saturated heterocycles. The molecule has 2 N–H and O–H groups in total. The molecule has 0 unspecified atom stereocenters. The van der Waals surface area contributed by atoms with Crippen LogP contribution in [0.4, 0.5) is 0 Å². The number of aryl methyl sites for hydroxylation is 2. The Hall–Kier alpha value is -2.84. The van der Waals surface area contributed by atoms with Crippen LogP contribution < -0.4 is 14.6 Å². The van der Waals surface area contributed by atoms with Gasteiger partial charge in [0.1, 0.15) is 33.1 Å². The fourth-order valence-corrected chi connectivity index (χ4v) is 8.80. The van der Waals surface area contributed by atoms with Gasteiger partial charge < -0.3 is 24.2 Å². The van der Waals surface area contributed by atoms with Crippen LogP contribution in [0, 0.1) is 0 Å². The molecule has 4 aromatic carbocycles. The number of aromatic hydroxyl groups is 1. The molecule has 0 atom stereocenters. The summed E-state index contributed by atoms with van der Waals surface area (Å²) in [6.07, 6.45) is 30.3. The van der Waals surface area contributed by atoms with E-state index in [9.17, 15) is 36.2 Å². The summed E-state index contributed by atoms with van der Waals surface area (Å²) in [5, 5.41) is 21.6. The van der Waals surface area contributed by atoms with Crippen LogP contribution in [0.5, 0.6) is 34.5 Å². The zero-order valence-electron chi connectivity index (χ0n) is 37.7. The molecule has 0 amide bonds. The van der Waals surface area contributed by atoms with Crippen LogP contribution >= 0.6 is 0 Å². The van der Waals surface area contributed by atoms with Crippen LogP contribution in [0.25, 0.3) is 0 Å². The Balaban J connectivity index is 0.000000427. The summed E-state index contributed by atoms with van der Waals surface area (Å²) in [5.41, 5.74) is 2.19. The van der Waals surface area contributed by atoms with Crippen molar-refractivity contribution in [2.75, 3.05) is 0 Å². The number of benzene rings is 4. The molecular formula is C50H70CaO10S2. The van der Waals surface area contributed by atoms with Gasteiger partial charge in [0, 0.05) is 0 Å². The Morgan fingerprint density at radius 1 is 0.492 bits per heavy atom. The second-order valence-electron chi connectivity index (χ2n) is 16.2. The van der Waals surface area contributed by atoms with E-state index in [-0.39, 0.29) is 49.2 Å². The largest absolute Gasteiger partial charge is 2.00 e. The first-order valence-corrected chi connectivity index (χ1v) is 25.8. The van der Waals surface area contributed by atoms with Crippen molar-refractivity contribution in [3.8, 4) is 34.5 Å². The molecule has 4 rings (SSSR count). The van der Waals surface area contributed by atoms with Crippen LogP contribution in [-0.2, 0) is 33.1 Å². The smallest absolute Gasteiger partial charge is 0.872 e. The van der Waals surface area contributed by atoms with Crippen LogP contribution in [0.1, 0.15) is 166 Å². The Kier molecular flexibility index (Phi) is 28.5. The normalized spacial score (nSPS) is 11.4. The molecule has 63 heavy (non-hydrogen) atoms. The summed E-state index contributed by atoms with van der Waals surface area (Å²) >= 11 is 0. The van der Waals surface area contributed by atoms with Crippen molar-refractivity contribution >= 4 is 58.0 Å². The molecule has 0 aliphatic rings. The van der Waals surface area contributed by atoms with Gasteiger partial charge in [0.05, 0.1) is 4.90 Å². The van der Waals surface area contributed by atoms with Gasteiger partial charge in [-0.1, -0.05) is 190 Å². The van der Waals surface area contributed by atoms with E-state index >= 15 is 0 Å². The first kappa shape index (κ1) is 56.3. The zero-order chi connectivity index (χ0) is 45.1. The second-order valence-corrected chi connectivity index (χ2v) is 18.9. The SMILES string of the molecule is CCCCCCCCCCCCCc1cccc(Oc2cccc(O)c2S(=O)(=O)O)c1.CCCCCCCCCCCCCc1cccc(Oc2cccc([O-])c2S(=O)(=O)[O-])c1.[Ca+2]. The van der Waals surface area contributed by atoms with Crippen molar-refractivity contribution in [2.24, 2.45) is 0 Å². The summed E-state index contributed by atoms with van der Waals surface area (Å²) in [5.74, 6) is -0.849. The molecule has 344 valence electrons. The Labute approximate surface area is 408 Å². The van der Waals surface area contributed by atoms with E-state index in [0.717, 1.165) is 42.9 Å². The van der Waals surface area contributed by atoms with Crippen molar-refractivity contribution in [1.29, 1.82) is 0 Å². The average Bonchev–Trinajstić information content (AvgIpc) is 3.21. The van der Waals surface area contributed by atoms with E-state index in [2.05, 4.69) is 13.8 Å². The molecule has 0 bridgehead atoms. The van der Waals surface area contributed by atoms with Gasteiger partial charge in [0.25, 0.3) is 0 Å². The van der Waals surface area contributed by atoms with Crippen LogP contribution in [0.15, 0.2) is 94.7 Å². The van der Waals surface area contributed by atoms with Gasteiger partial charge in [-0.3, -0.25) is 4.55 Å². The van der Waals surface area contributed by atoms with Crippen molar-refractivity contribution in [3.63, 3.8) is 0 Å². The predicted molar refractivity (Wildman–Crippen MR) is 251 cm³/mol. The third-order valence-corrected chi connectivity index (χ3v) is 12.6. The van der Waals surface area contributed by atoms with Crippen LogP contribution in [-0.4, -0.2) is 68.8 Å². The number of hydrogen-bond donors (Lipinski definition) is 2. The number of hydrogen-bond acceptors (Lipinski definition) is 9. The van der Waals surface area contributed by atoms with E-state index in [0.29, 0.717) is 11.5 Å². The van der Waals surface area contributed by atoms with E-state index in [4.69, 9.17) is 9.47 Å². The topological polar surface area (TPSA) is 173 Å². The molecule has 0 fully saturated rings. The molecule has 0 aromatic heterocycles. The Morgan fingerprint density at radius 2 is 0.841 bits per heavy atom. The standard InChI is InChI=1S/2C25H36O5S.Ca/c2*1-2-3-4-5-6-7-8-9-10-11-12-15-21-16-13-17-22(20-21)30-24-19-14-18-23(26)25(24)31(27,28)29;/h2*13-14,16-20,26H,2-12,15H2,1H3,(H,27,28,29);/q;;+2/p-2. The predicted octanol–water partition coefficient (Wildman–Crippen LogP) is 13.2. The average molecular weight is 935 g/mol. The van der Waals surface area contributed by atoms with Crippen molar-refractivity contribution < 1.29 is 45.6 Å². The number of phenols is 1. The van der Waals surface area contributed by atoms with Gasteiger partial charge in [-0.15, -0.1) is 0 Å². The Bertz CT molecular complexity index is 1940. The number of rotatable bonds is 30. The summed E-state index contributed by atoms with van der Waals surface area (Å²) in [6, 6.07) is 22.6. The fraction of sp³-hybridized carbons (Fsp3) is 0.520. The maximum atomic E-state index is 11.8. The summed E-state index contributed by atoms with van der Waals surface area (Å²) in [6.45, 7) is 4.49. The molecular weight excluding hydrogens is 865 g/mol. The van der Waals surface area contributed by atoms with Gasteiger partial charge in [-0.05, 0) is 79.3 Å². The van der Waals surface area contributed by atoms with Gasteiger partial charge in [0.15, 0.2) is 10.6 Å². The number of ether oxygens (including phenoxy) is 2. The summed E-state index contributed by atoms with van der Waals surface area (Å²) < 4.78 is 78.1. The van der Waals surface area contributed by atoms with Crippen LogP contribution in [0.2, 0.25) is 0 Å². The minimum atomic E-state index is -4.92. The molecule has 0 heterocycles. The monoisotopic (exact) mass is 934 g/mol. The third kappa shape index (κ3) is 23.3. The van der Waals surface area contributed by atoms with Gasteiger partial charge in [-0.2, -0.15) is 8.42 Å². The molecule has 4 aromatic rings. The van der Waals surface area contributed by atoms with Gasteiger partial charge in [0.2, 0.25) is 0 Å². The first-order chi connectivity index (χ1) is 29.8. The maximum absolute atomic E-state index is 11.8. The quantitative estimate of drug-likeness (QED) is 0.0291. The Morgan fingerprint density at radius 3 is 1.22 bits per heavy atom. The van der Waals surface area contributed by atoms with Gasteiger partial charge >= 0.3 is 47.9 Å². The molecule has 0 aliphatic carbocycles. The number of unbranched alkanes of at least 4 members (excludes halogenated alkanes) is 20. The maximum Gasteiger partial charge on any atom is 2.00 e. The summed E-state index contributed by atoms with van der Waals surface area (Å²) in [4.78, 5) is -1.46. The van der Waals surface area contributed by atoms with E-state index < -0.39 is 41.5 Å². The van der Waals surface area contributed by atoms with Crippen molar-refractivity contribution in [2.45, 2.75) is 178 Å². The molecule has 0 aliphatic heterocycles. The zero-order valence-corrected chi connectivity index (χ0v) is 41.6. The second kappa shape index (κ2) is 31.9. The molecule has 0 spiro atoms. The fourth-order valence-electron chi connectivity index (χ4n) is 7.44. The first-order valence-electron chi connectivity index (χ1n) is 22.9. The minimum Gasteiger partial charge on any atom is -0.872 e. The van der Waals surface area contributed by atoms with E-state index in [1.807, 2.05) is 36.4 Å². The molecule has 0 radical (unpaired) electrons.